The van der Waals surface area contributed by atoms with Gasteiger partial charge in [0.15, 0.2) is 5.66 Å². The Hall–Kier alpha value is -2.30. The zero-order chi connectivity index (χ0) is 17.9. The first-order chi connectivity index (χ1) is 12.0. The quantitative estimate of drug-likeness (QED) is 0.708. The van der Waals surface area contributed by atoms with Crippen molar-refractivity contribution in [3.8, 4) is 12.3 Å². The predicted octanol–water partition coefficient (Wildman–Crippen LogP) is 2.85. The molecule has 0 fully saturated rings. The third-order valence-electron chi connectivity index (χ3n) is 4.72. The topological polar surface area (TPSA) is 82.5 Å². The fourth-order valence-corrected chi connectivity index (χ4v) is 3.15. The second kappa shape index (κ2) is 6.90. The van der Waals surface area contributed by atoms with E-state index in [2.05, 4.69) is 31.7 Å². The summed E-state index contributed by atoms with van der Waals surface area (Å²) in [5.74, 6) is -1.12. The molecule has 0 radical (unpaired) electrons. The first-order valence-electron chi connectivity index (χ1n) is 8.54. The minimum atomic E-state index is -3.19. The van der Waals surface area contributed by atoms with Gasteiger partial charge < -0.3 is 5.32 Å². The molecule has 1 amide bonds. The number of aromatic amines is 1. The van der Waals surface area contributed by atoms with E-state index >= 15 is 0 Å². The molecular formula is C17H21F2N5O. The second-order valence-corrected chi connectivity index (χ2v) is 6.60. The summed E-state index contributed by atoms with van der Waals surface area (Å²) in [4.78, 5) is 11.9. The Kier molecular flexibility index (Phi) is 4.84. The van der Waals surface area contributed by atoms with Crippen LogP contribution in [0.2, 0.25) is 0 Å². The van der Waals surface area contributed by atoms with Gasteiger partial charge >= 0.3 is 5.92 Å². The number of hydrogen-bond acceptors (Lipinski definition) is 4. The number of aryl methyl sites for hydroxylation is 1. The van der Waals surface area contributed by atoms with Crippen LogP contribution in [0, 0.1) is 12.3 Å². The number of amides is 1. The lowest BCUT2D eigenvalue weighted by Gasteiger charge is -2.18. The van der Waals surface area contributed by atoms with Crippen molar-refractivity contribution in [2.75, 3.05) is 6.54 Å². The molecular weight excluding hydrogens is 328 g/mol. The van der Waals surface area contributed by atoms with Crippen molar-refractivity contribution in [3.05, 3.63) is 17.0 Å². The van der Waals surface area contributed by atoms with E-state index in [9.17, 15) is 13.6 Å². The Morgan fingerprint density at radius 1 is 1.32 bits per heavy atom. The van der Waals surface area contributed by atoms with Gasteiger partial charge in [-0.1, -0.05) is 0 Å². The van der Waals surface area contributed by atoms with Crippen molar-refractivity contribution in [1.29, 1.82) is 0 Å². The number of alkyl halides is 2. The van der Waals surface area contributed by atoms with Crippen LogP contribution in [0.15, 0.2) is 10.2 Å². The number of fused-ring (bicyclic) bond motifs is 1. The lowest BCUT2D eigenvalue weighted by Crippen LogP contribution is -2.36. The van der Waals surface area contributed by atoms with E-state index in [0.29, 0.717) is 31.2 Å². The Morgan fingerprint density at radius 3 is 2.80 bits per heavy atom. The highest BCUT2D eigenvalue weighted by molar-refractivity contribution is 5.76. The molecule has 8 heteroatoms. The second-order valence-electron chi connectivity index (χ2n) is 6.60. The summed E-state index contributed by atoms with van der Waals surface area (Å²) in [5.41, 5.74) is 0.585. The van der Waals surface area contributed by atoms with E-state index in [1.807, 2.05) is 0 Å². The Balaban J connectivity index is 1.50. The average Bonchev–Trinajstić information content (AvgIpc) is 3.24. The molecule has 2 N–H and O–H groups in total. The minimum Gasteiger partial charge on any atom is -0.350 e. The monoisotopic (exact) mass is 349 g/mol. The van der Waals surface area contributed by atoms with Crippen LogP contribution in [0.25, 0.3) is 0 Å². The van der Waals surface area contributed by atoms with Crippen LogP contribution in [-0.2, 0) is 23.6 Å². The SMILES string of the molecule is C#CCCC1(CCC(=O)NCC(F)(F)c2n[nH]c3c2CCCC3)N=N1. The smallest absolute Gasteiger partial charge is 0.308 e. The highest BCUT2D eigenvalue weighted by Gasteiger charge is 2.41. The van der Waals surface area contributed by atoms with E-state index in [1.165, 1.54) is 0 Å². The van der Waals surface area contributed by atoms with Crippen molar-refractivity contribution in [3.63, 3.8) is 0 Å². The van der Waals surface area contributed by atoms with Crippen LogP contribution in [0.1, 0.15) is 55.5 Å². The third-order valence-corrected chi connectivity index (χ3v) is 4.72. The fraction of sp³-hybridized carbons (Fsp3) is 0.647. The minimum absolute atomic E-state index is 0.0896. The molecule has 0 saturated carbocycles. The molecule has 1 aromatic heterocycles. The molecule has 0 bridgehead atoms. The van der Waals surface area contributed by atoms with Gasteiger partial charge in [-0.2, -0.15) is 24.1 Å². The number of carbonyl (C=O) groups excluding carboxylic acids is 1. The maximum atomic E-state index is 14.4. The van der Waals surface area contributed by atoms with Gasteiger partial charge in [-0.3, -0.25) is 9.89 Å². The van der Waals surface area contributed by atoms with E-state index in [1.54, 1.807) is 0 Å². The van der Waals surface area contributed by atoms with Crippen molar-refractivity contribution in [2.24, 2.45) is 10.2 Å². The van der Waals surface area contributed by atoms with E-state index < -0.39 is 24.0 Å². The molecule has 0 spiro atoms. The van der Waals surface area contributed by atoms with Crippen LogP contribution in [0.5, 0.6) is 0 Å². The van der Waals surface area contributed by atoms with Gasteiger partial charge in [-0.15, -0.1) is 12.3 Å². The van der Waals surface area contributed by atoms with Crippen LogP contribution >= 0.6 is 0 Å². The Morgan fingerprint density at radius 2 is 2.08 bits per heavy atom. The Labute approximate surface area is 144 Å². The molecule has 0 unspecified atom stereocenters. The number of hydrogen-bond donors (Lipinski definition) is 2. The molecule has 3 rings (SSSR count). The first kappa shape index (κ1) is 17.5. The molecule has 25 heavy (non-hydrogen) atoms. The average molecular weight is 349 g/mol. The van der Waals surface area contributed by atoms with Gasteiger partial charge in [0.2, 0.25) is 5.91 Å². The van der Waals surface area contributed by atoms with Crippen molar-refractivity contribution in [2.45, 2.75) is 63.0 Å². The number of carbonyl (C=O) groups is 1. The van der Waals surface area contributed by atoms with Crippen molar-refractivity contribution in [1.82, 2.24) is 15.5 Å². The van der Waals surface area contributed by atoms with Gasteiger partial charge in [-0.05, 0) is 25.7 Å². The van der Waals surface area contributed by atoms with E-state index in [0.717, 1.165) is 25.0 Å². The fourth-order valence-electron chi connectivity index (χ4n) is 3.15. The zero-order valence-corrected chi connectivity index (χ0v) is 13.9. The molecule has 6 nitrogen and oxygen atoms in total. The normalized spacial score (nSPS) is 17.6. The lowest BCUT2D eigenvalue weighted by molar-refractivity contribution is -0.123. The van der Waals surface area contributed by atoms with E-state index in [-0.39, 0.29) is 12.1 Å². The number of aromatic nitrogens is 2. The first-order valence-corrected chi connectivity index (χ1v) is 8.54. The largest absolute Gasteiger partial charge is 0.350 e. The molecule has 1 aliphatic carbocycles. The number of rotatable bonds is 8. The molecule has 2 heterocycles. The summed E-state index contributed by atoms with van der Waals surface area (Å²) in [6.07, 6.45) is 10.0. The van der Waals surface area contributed by atoms with Gasteiger partial charge in [0.05, 0.1) is 6.54 Å². The van der Waals surface area contributed by atoms with Gasteiger partial charge in [0.1, 0.15) is 5.69 Å². The summed E-state index contributed by atoms with van der Waals surface area (Å²) < 4.78 is 28.9. The molecule has 1 aromatic rings. The third kappa shape index (κ3) is 4.03. The molecule has 0 aromatic carbocycles. The van der Waals surface area contributed by atoms with Crippen LogP contribution in [0.3, 0.4) is 0 Å². The summed E-state index contributed by atoms with van der Waals surface area (Å²) in [6, 6.07) is 0. The summed E-state index contributed by atoms with van der Waals surface area (Å²) in [6.45, 7) is -0.755. The molecule has 0 atom stereocenters. The summed E-state index contributed by atoms with van der Waals surface area (Å²) in [5, 5.41) is 16.7. The number of terminal acetylenes is 1. The summed E-state index contributed by atoms with van der Waals surface area (Å²) >= 11 is 0. The van der Waals surface area contributed by atoms with Gasteiger partial charge in [-0.25, -0.2) is 0 Å². The Bertz CT molecular complexity index is 713. The van der Waals surface area contributed by atoms with Crippen molar-refractivity contribution < 1.29 is 13.6 Å². The maximum absolute atomic E-state index is 14.4. The standard InChI is InChI=1S/C17H21F2N5O/c1-2-3-9-16(23-24-16)10-8-14(25)20-11-17(18,19)15-12-6-4-5-7-13(12)21-22-15/h1H,3-11H2,(H,20,25)(H,21,22). The number of halogens is 2. The van der Waals surface area contributed by atoms with Crippen LogP contribution in [-0.4, -0.2) is 28.3 Å². The highest BCUT2D eigenvalue weighted by Crippen LogP contribution is 2.37. The lowest BCUT2D eigenvalue weighted by atomic mass is 9.94. The molecule has 2 aliphatic rings. The van der Waals surface area contributed by atoms with Gasteiger partial charge in [0.25, 0.3) is 0 Å². The molecule has 134 valence electrons. The predicted molar refractivity (Wildman–Crippen MR) is 87.0 cm³/mol. The summed E-state index contributed by atoms with van der Waals surface area (Å²) in [7, 11) is 0. The van der Waals surface area contributed by atoms with Crippen LogP contribution in [0.4, 0.5) is 8.78 Å². The number of nitrogens with zero attached hydrogens (tertiary/aromatic N) is 3. The van der Waals surface area contributed by atoms with E-state index in [4.69, 9.17) is 6.42 Å². The molecule has 1 aliphatic heterocycles. The maximum Gasteiger partial charge on any atom is 0.308 e. The molecule has 0 saturated heterocycles. The highest BCUT2D eigenvalue weighted by atomic mass is 19.3. The zero-order valence-electron chi connectivity index (χ0n) is 13.9. The van der Waals surface area contributed by atoms with Crippen LogP contribution < -0.4 is 5.32 Å². The van der Waals surface area contributed by atoms with Gasteiger partial charge in [0, 0.05) is 36.9 Å². The van der Waals surface area contributed by atoms with Crippen molar-refractivity contribution >= 4 is 5.91 Å². The number of H-pyrrole nitrogens is 1. The number of nitrogens with one attached hydrogen (secondary N) is 2.